The van der Waals surface area contributed by atoms with Crippen LogP contribution < -0.4 is 5.32 Å². The van der Waals surface area contributed by atoms with Crippen molar-refractivity contribution in [1.82, 2.24) is 15.1 Å². The van der Waals surface area contributed by atoms with Crippen molar-refractivity contribution in [3.8, 4) is 0 Å². The Morgan fingerprint density at radius 3 is 2.69 bits per heavy atom. The van der Waals surface area contributed by atoms with Gasteiger partial charge in [-0.15, -0.1) is 0 Å². The maximum Gasteiger partial charge on any atom is 0.0834 e. The summed E-state index contributed by atoms with van der Waals surface area (Å²) in [6, 6.07) is 0.650. The largest absolute Gasteiger partial charge is 0.312 e. The Hall–Kier alpha value is -0.540. The first-order valence-electron chi connectivity index (χ1n) is 6.02. The molecule has 0 aromatic carbocycles. The fraction of sp³-hybridized carbons (Fsp3) is 0.750. The molecule has 1 unspecified atom stereocenters. The average Bonchev–Trinajstić information content (AvgIpc) is 2.62. The minimum absolute atomic E-state index is 0.303. The lowest BCUT2D eigenvalue weighted by atomic mass is 10.1. The summed E-state index contributed by atoms with van der Waals surface area (Å²) in [6.45, 7) is 6.45. The third-order valence-electron chi connectivity index (χ3n) is 2.80. The highest BCUT2D eigenvalue weighted by Gasteiger charge is 2.19. The van der Waals surface area contributed by atoms with Gasteiger partial charge in [-0.3, -0.25) is 4.68 Å². The maximum atomic E-state index is 6.22. The fourth-order valence-corrected chi connectivity index (χ4v) is 2.18. The second-order valence-corrected chi connectivity index (χ2v) is 4.81. The molecule has 1 atom stereocenters. The highest BCUT2D eigenvalue weighted by atomic mass is 35.5. The summed E-state index contributed by atoms with van der Waals surface area (Å²) in [5, 5.41) is 8.43. The molecule has 1 aromatic heterocycles. The Labute approximate surface area is 103 Å². The van der Waals surface area contributed by atoms with Crippen molar-refractivity contribution in [2.24, 2.45) is 0 Å². The number of unbranched alkanes of at least 4 members (excludes halogenated alkanes) is 1. The predicted octanol–water partition coefficient (Wildman–Crippen LogP) is 3.57. The van der Waals surface area contributed by atoms with Gasteiger partial charge in [0.05, 0.1) is 23.0 Å². The third-order valence-corrected chi connectivity index (χ3v) is 3.09. The Kier molecular flexibility index (Phi) is 5.29. The second-order valence-electron chi connectivity index (χ2n) is 4.40. The summed E-state index contributed by atoms with van der Waals surface area (Å²) in [4.78, 5) is 0. The van der Waals surface area contributed by atoms with Crippen LogP contribution in [0.4, 0.5) is 0 Å². The van der Waals surface area contributed by atoms with Gasteiger partial charge >= 0.3 is 0 Å². The maximum absolute atomic E-state index is 6.22. The van der Waals surface area contributed by atoms with Crippen LogP contribution in [0.2, 0.25) is 5.02 Å². The Bertz CT molecular complexity index is 320. The van der Waals surface area contributed by atoms with Gasteiger partial charge in [-0.25, -0.2) is 0 Å². The molecule has 0 amide bonds. The zero-order valence-corrected chi connectivity index (χ0v) is 11.4. The molecule has 0 aliphatic rings. The van der Waals surface area contributed by atoms with E-state index in [-0.39, 0.29) is 0 Å². The molecule has 16 heavy (non-hydrogen) atoms. The number of nitrogens with one attached hydrogen (secondary N) is 1. The molecular weight excluding hydrogens is 222 g/mol. The highest BCUT2D eigenvalue weighted by Crippen LogP contribution is 2.28. The van der Waals surface area contributed by atoms with Crippen molar-refractivity contribution in [1.29, 1.82) is 0 Å². The first-order valence-corrected chi connectivity index (χ1v) is 6.39. The molecule has 0 saturated carbocycles. The molecule has 0 bridgehead atoms. The molecule has 0 aliphatic heterocycles. The summed E-state index contributed by atoms with van der Waals surface area (Å²) in [6.07, 6.45) is 5.25. The lowest BCUT2D eigenvalue weighted by Crippen LogP contribution is -2.21. The van der Waals surface area contributed by atoms with Crippen molar-refractivity contribution in [3.05, 3.63) is 16.9 Å². The molecule has 0 saturated heterocycles. The standard InChI is InChI=1S/C12H22ClN3/c1-5-6-7-11(14-4)12-10(13)8-15-16(12)9(2)3/h8-9,11,14H,5-7H2,1-4H3. The van der Waals surface area contributed by atoms with Gasteiger partial charge in [-0.05, 0) is 27.3 Å². The van der Waals surface area contributed by atoms with Crippen LogP contribution >= 0.6 is 11.6 Å². The van der Waals surface area contributed by atoms with Gasteiger partial charge in [0.1, 0.15) is 0 Å². The molecule has 1 rings (SSSR count). The quantitative estimate of drug-likeness (QED) is 0.828. The van der Waals surface area contributed by atoms with Gasteiger partial charge in [0.25, 0.3) is 0 Å². The monoisotopic (exact) mass is 243 g/mol. The number of aromatic nitrogens is 2. The topological polar surface area (TPSA) is 29.9 Å². The van der Waals surface area contributed by atoms with E-state index in [1.54, 1.807) is 6.20 Å². The van der Waals surface area contributed by atoms with Crippen molar-refractivity contribution < 1.29 is 0 Å². The van der Waals surface area contributed by atoms with Gasteiger partial charge in [0.2, 0.25) is 0 Å². The normalized spacial score (nSPS) is 13.4. The minimum Gasteiger partial charge on any atom is -0.312 e. The molecular formula is C12H22ClN3. The zero-order chi connectivity index (χ0) is 12.1. The lowest BCUT2D eigenvalue weighted by Gasteiger charge is -2.20. The summed E-state index contributed by atoms with van der Waals surface area (Å²) in [5.74, 6) is 0. The molecule has 1 heterocycles. The van der Waals surface area contributed by atoms with E-state index in [2.05, 4.69) is 31.2 Å². The van der Waals surface area contributed by atoms with Crippen LogP contribution in [0.15, 0.2) is 6.20 Å². The van der Waals surface area contributed by atoms with Gasteiger partial charge in [-0.2, -0.15) is 5.10 Å². The van der Waals surface area contributed by atoms with Gasteiger partial charge in [0, 0.05) is 6.04 Å². The van der Waals surface area contributed by atoms with Crippen LogP contribution in [0.1, 0.15) is 57.8 Å². The first-order chi connectivity index (χ1) is 7.61. The Balaban J connectivity index is 2.93. The van der Waals surface area contributed by atoms with E-state index in [9.17, 15) is 0 Å². The smallest absolute Gasteiger partial charge is 0.0834 e. The molecule has 1 N–H and O–H groups in total. The van der Waals surface area contributed by atoms with E-state index < -0.39 is 0 Å². The number of halogens is 1. The molecule has 4 heteroatoms. The van der Waals surface area contributed by atoms with Crippen molar-refractivity contribution >= 4 is 11.6 Å². The Morgan fingerprint density at radius 2 is 2.19 bits per heavy atom. The van der Waals surface area contributed by atoms with Crippen molar-refractivity contribution in [2.75, 3.05) is 7.05 Å². The van der Waals surface area contributed by atoms with Gasteiger partial charge < -0.3 is 5.32 Å². The van der Waals surface area contributed by atoms with Crippen LogP contribution in [0, 0.1) is 0 Å². The fourth-order valence-electron chi connectivity index (χ4n) is 1.91. The number of nitrogens with zero attached hydrogens (tertiary/aromatic N) is 2. The molecule has 0 fully saturated rings. The average molecular weight is 244 g/mol. The zero-order valence-electron chi connectivity index (χ0n) is 10.6. The van der Waals surface area contributed by atoms with E-state index in [4.69, 9.17) is 11.6 Å². The van der Waals surface area contributed by atoms with Gasteiger partial charge in [-0.1, -0.05) is 31.4 Å². The van der Waals surface area contributed by atoms with Gasteiger partial charge in [0.15, 0.2) is 0 Å². The van der Waals surface area contributed by atoms with Crippen LogP contribution in [0.3, 0.4) is 0 Å². The molecule has 92 valence electrons. The van der Waals surface area contributed by atoms with Crippen LogP contribution in [0.5, 0.6) is 0 Å². The van der Waals surface area contributed by atoms with Crippen molar-refractivity contribution in [2.45, 2.75) is 52.1 Å². The SMILES string of the molecule is CCCCC(NC)c1c(Cl)cnn1C(C)C. The van der Waals surface area contributed by atoms with E-state index in [1.165, 1.54) is 12.8 Å². The molecule has 0 spiro atoms. The Morgan fingerprint density at radius 1 is 1.50 bits per heavy atom. The van der Waals surface area contributed by atoms with Crippen LogP contribution in [-0.4, -0.2) is 16.8 Å². The summed E-state index contributed by atoms with van der Waals surface area (Å²) in [7, 11) is 1.98. The van der Waals surface area contributed by atoms with E-state index in [1.807, 2.05) is 11.7 Å². The molecule has 0 radical (unpaired) electrons. The molecule has 1 aromatic rings. The highest BCUT2D eigenvalue weighted by molar-refractivity contribution is 6.31. The van der Waals surface area contributed by atoms with Crippen LogP contribution in [-0.2, 0) is 0 Å². The summed E-state index contributed by atoms with van der Waals surface area (Å²) >= 11 is 6.22. The predicted molar refractivity (Wildman–Crippen MR) is 68.9 cm³/mol. The number of rotatable bonds is 6. The first kappa shape index (κ1) is 13.5. The third kappa shape index (κ3) is 2.98. The summed E-state index contributed by atoms with van der Waals surface area (Å²) < 4.78 is 2.01. The van der Waals surface area contributed by atoms with E-state index in [0.717, 1.165) is 17.1 Å². The molecule has 3 nitrogen and oxygen atoms in total. The van der Waals surface area contributed by atoms with Crippen LogP contribution in [0.25, 0.3) is 0 Å². The molecule has 0 aliphatic carbocycles. The van der Waals surface area contributed by atoms with E-state index >= 15 is 0 Å². The minimum atomic E-state index is 0.303. The second kappa shape index (κ2) is 6.26. The van der Waals surface area contributed by atoms with Crippen molar-refractivity contribution in [3.63, 3.8) is 0 Å². The summed E-state index contributed by atoms with van der Waals surface area (Å²) in [5.41, 5.74) is 1.12. The lowest BCUT2D eigenvalue weighted by molar-refractivity contribution is 0.438. The number of hydrogen-bond donors (Lipinski definition) is 1. The van der Waals surface area contributed by atoms with E-state index in [0.29, 0.717) is 12.1 Å². The number of hydrogen-bond acceptors (Lipinski definition) is 2.